The molecular weight excluding hydrogens is 442 g/mol. The van der Waals surface area contributed by atoms with Crippen LogP contribution in [0.3, 0.4) is 0 Å². The number of para-hydroxylation sites is 1. The summed E-state index contributed by atoms with van der Waals surface area (Å²) in [6, 6.07) is 9.03. The number of hydrogen-bond acceptors (Lipinski definition) is 8. The van der Waals surface area contributed by atoms with Gasteiger partial charge in [0.05, 0.1) is 29.7 Å². The van der Waals surface area contributed by atoms with E-state index in [-0.39, 0.29) is 11.8 Å². The molecule has 9 heteroatoms. The van der Waals surface area contributed by atoms with E-state index in [4.69, 9.17) is 28.4 Å². The summed E-state index contributed by atoms with van der Waals surface area (Å²) in [5.74, 6) is -3.23. The number of ether oxygens (including phenoxy) is 6. The fourth-order valence-electron chi connectivity index (χ4n) is 6.40. The molecule has 1 aromatic carbocycles. The van der Waals surface area contributed by atoms with E-state index in [1.54, 1.807) is 12.1 Å². The molecule has 0 unspecified atom stereocenters. The largest absolute Gasteiger partial charge is 0.365 e. The van der Waals surface area contributed by atoms with Crippen LogP contribution in [0.4, 0.5) is 5.69 Å². The Morgan fingerprint density at radius 1 is 0.735 bits per heavy atom. The second-order valence-corrected chi connectivity index (χ2v) is 10.7. The first-order chi connectivity index (χ1) is 16.1. The molecule has 9 atom stereocenters. The second-order valence-electron chi connectivity index (χ2n) is 10.7. The molecule has 2 amide bonds. The SMILES string of the molecule is CC1(C)O[C@H]2[C@@H](O1)[C@H](C1=C[C@@H]3O[C@H]1[C@@H]1C(=O)N(c4ccccc4)C(=O)[C@@H]13)O[C@@H]1OC(C)(C)O[C@@H]12. The molecule has 34 heavy (non-hydrogen) atoms. The maximum Gasteiger partial charge on any atom is 0.240 e. The van der Waals surface area contributed by atoms with Gasteiger partial charge in [-0.05, 0) is 45.4 Å². The number of hydrogen-bond donors (Lipinski definition) is 0. The van der Waals surface area contributed by atoms with Gasteiger partial charge in [-0.3, -0.25) is 9.59 Å². The van der Waals surface area contributed by atoms with Crippen molar-refractivity contribution in [3.05, 3.63) is 42.0 Å². The van der Waals surface area contributed by atoms with Crippen LogP contribution in [-0.2, 0) is 38.0 Å². The zero-order valence-electron chi connectivity index (χ0n) is 19.4. The van der Waals surface area contributed by atoms with Crippen LogP contribution in [0.15, 0.2) is 42.0 Å². The molecule has 5 fully saturated rings. The van der Waals surface area contributed by atoms with Gasteiger partial charge in [-0.2, -0.15) is 0 Å². The Bertz CT molecular complexity index is 1100. The molecule has 9 nitrogen and oxygen atoms in total. The van der Waals surface area contributed by atoms with Crippen molar-refractivity contribution in [2.45, 2.75) is 82.2 Å². The predicted molar refractivity (Wildman–Crippen MR) is 115 cm³/mol. The Labute approximate surface area is 196 Å². The average Bonchev–Trinajstić information content (AvgIpc) is 3.54. The number of nitrogens with zero attached hydrogens (tertiary/aromatic N) is 1. The van der Waals surface area contributed by atoms with Crippen molar-refractivity contribution >= 4 is 17.5 Å². The number of carbonyl (C=O) groups excluding carboxylic acids is 2. The maximum absolute atomic E-state index is 13.5. The fraction of sp³-hybridized carbons (Fsp3) is 0.600. The number of rotatable bonds is 2. The lowest BCUT2D eigenvalue weighted by molar-refractivity contribution is -0.226. The van der Waals surface area contributed by atoms with Gasteiger partial charge in [0.2, 0.25) is 11.8 Å². The van der Waals surface area contributed by atoms with Crippen LogP contribution in [0, 0.1) is 11.8 Å². The zero-order chi connectivity index (χ0) is 23.6. The van der Waals surface area contributed by atoms with E-state index in [2.05, 4.69) is 0 Å². The molecule has 0 spiro atoms. The molecule has 6 aliphatic heterocycles. The van der Waals surface area contributed by atoms with Crippen LogP contribution in [0.25, 0.3) is 0 Å². The lowest BCUT2D eigenvalue weighted by atomic mass is 9.77. The number of amides is 2. The molecule has 0 aliphatic carbocycles. The van der Waals surface area contributed by atoms with E-state index < -0.39 is 66.3 Å². The Balaban J connectivity index is 1.22. The summed E-state index contributed by atoms with van der Waals surface area (Å²) in [5.41, 5.74) is 1.39. The molecule has 2 bridgehead atoms. The van der Waals surface area contributed by atoms with Crippen molar-refractivity contribution in [3.63, 3.8) is 0 Å². The Morgan fingerprint density at radius 3 is 2.15 bits per heavy atom. The molecular formula is C25H27NO8. The third-order valence-corrected chi connectivity index (χ3v) is 7.56. The molecule has 0 aromatic heterocycles. The normalized spacial score (nSPS) is 45.4. The smallest absolute Gasteiger partial charge is 0.240 e. The predicted octanol–water partition coefficient (Wildman–Crippen LogP) is 1.90. The molecule has 180 valence electrons. The molecule has 5 saturated heterocycles. The van der Waals surface area contributed by atoms with Crippen LogP contribution in [0.1, 0.15) is 27.7 Å². The Hall–Kier alpha value is -2.14. The topological polar surface area (TPSA) is 92.8 Å². The molecule has 0 saturated carbocycles. The number of fused-ring (bicyclic) bond motifs is 8. The Kier molecular flexibility index (Phi) is 4.20. The highest BCUT2D eigenvalue weighted by Crippen LogP contribution is 2.53. The summed E-state index contributed by atoms with van der Waals surface area (Å²) in [7, 11) is 0. The number of benzene rings is 1. The number of imide groups is 1. The van der Waals surface area contributed by atoms with Crippen molar-refractivity contribution in [2.24, 2.45) is 11.8 Å². The van der Waals surface area contributed by atoms with Gasteiger partial charge in [0, 0.05) is 0 Å². The van der Waals surface area contributed by atoms with Gasteiger partial charge in [-0.25, -0.2) is 4.90 Å². The lowest BCUT2D eigenvalue weighted by Gasteiger charge is -2.39. The maximum atomic E-state index is 13.5. The van der Waals surface area contributed by atoms with E-state index in [1.165, 1.54) is 4.90 Å². The van der Waals surface area contributed by atoms with Gasteiger partial charge in [-0.1, -0.05) is 24.3 Å². The van der Waals surface area contributed by atoms with Gasteiger partial charge < -0.3 is 28.4 Å². The summed E-state index contributed by atoms with van der Waals surface area (Å²) >= 11 is 0. The van der Waals surface area contributed by atoms with Gasteiger partial charge in [0.15, 0.2) is 17.9 Å². The highest BCUT2D eigenvalue weighted by Gasteiger charge is 2.67. The highest BCUT2D eigenvalue weighted by atomic mass is 16.9. The van der Waals surface area contributed by atoms with Crippen LogP contribution in [0.5, 0.6) is 0 Å². The van der Waals surface area contributed by atoms with Crippen LogP contribution >= 0.6 is 0 Å². The van der Waals surface area contributed by atoms with Gasteiger partial charge in [0.1, 0.15) is 24.4 Å². The molecule has 0 N–H and O–H groups in total. The monoisotopic (exact) mass is 469 g/mol. The van der Waals surface area contributed by atoms with Gasteiger partial charge in [0.25, 0.3) is 0 Å². The Morgan fingerprint density at radius 2 is 1.38 bits per heavy atom. The zero-order valence-corrected chi connectivity index (χ0v) is 19.4. The summed E-state index contributed by atoms with van der Waals surface area (Å²) in [5, 5.41) is 0. The fourth-order valence-corrected chi connectivity index (χ4v) is 6.40. The van der Waals surface area contributed by atoms with Crippen LogP contribution in [0.2, 0.25) is 0 Å². The first-order valence-corrected chi connectivity index (χ1v) is 11.8. The summed E-state index contributed by atoms with van der Waals surface area (Å²) < 4.78 is 37.2. The van der Waals surface area contributed by atoms with Crippen LogP contribution in [-0.4, -0.2) is 66.3 Å². The minimum absolute atomic E-state index is 0.220. The summed E-state index contributed by atoms with van der Waals surface area (Å²) in [4.78, 5) is 28.0. The van der Waals surface area contributed by atoms with E-state index >= 15 is 0 Å². The molecule has 7 rings (SSSR count). The van der Waals surface area contributed by atoms with Crippen LogP contribution < -0.4 is 4.90 Å². The van der Waals surface area contributed by atoms with Crippen molar-refractivity contribution in [3.8, 4) is 0 Å². The standard InChI is InChI=1S/C25H27NO8/c1-24(2)31-18-17(30-23-20(19(18)32-24)33-25(3,4)34-23)12-10-13-14-15(16(12)29-13)22(28)26(21(14)27)11-8-6-5-7-9-11/h5-10,13-20,23H,1-4H3/t13-,14+,15+,16+,17-,18-,19-,20+,23+/m0/s1. The first-order valence-electron chi connectivity index (χ1n) is 11.8. The summed E-state index contributed by atoms with van der Waals surface area (Å²) in [6.45, 7) is 7.39. The van der Waals surface area contributed by atoms with Gasteiger partial charge >= 0.3 is 0 Å². The third-order valence-electron chi connectivity index (χ3n) is 7.56. The average molecular weight is 469 g/mol. The third kappa shape index (κ3) is 2.82. The second kappa shape index (κ2) is 6.75. The molecule has 1 aromatic rings. The van der Waals surface area contributed by atoms with E-state index in [9.17, 15) is 9.59 Å². The number of carbonyl (C=O) groups is 2. The molecule has 6 aliphatic rings. The lowest BCUT2D eigenvalue weighted by Crippen LogP contribution is -2.56. The minimum atomic E-state index is -0.827. The van der Waals surface area contributed by atoms with Crippen molar-refractivity contribution in [1.82, 2.24) is 0 Å². The van der Waals surface area contributed by atoms with Gasteiger partial charge in [-0.15, -0.1) is 0 Å². The van der Waals surface area contributed by atoms with Crippen molar-refractivity contribution < 1.29 is 38.0 Å². The molecule has 0 radical (unpaired) electrons. The highest BCUT2D eigenvalue weighted by molar-refractivity contribution is 6.23. The number of anilines is 1. The first kappa shape index (κ1) is 21.2. The van der Waals surface area contributed by atoms with E-state index in [0.29, 0.717) is 5.69 Å². The van der Waals surface area contributed by atoms with E-state index in [0.717, 1.165) is 5.57 Å². The molecule has 6 heterocycles. The minimum Gasteiger partial charge on any atom is -0.365 e. The summed E-state index contributed by atoms with van der Waals surface area (Å²) in [6.07, 6.45) is -1.60. The van der Waals surface area contributed by atoms with Crippen molar-refractivity contribution in [2.75, 3.05) is 4.90 Å². The van der Waals surface area contributed by atoms with Crippen molar-refractivity contribution in [1.29, 1.82) is 0 Å². The quantitative estimate of drug-likeness (QED) is 0.479. The van der Waals surface area contributed by atoms with E-state index in [1.807, 2.05) is 52.0 Å².